The number of amides is 2. The van der Waals surface area contributed by atoms with E-state index in [1.54, 1.807) is 32.9 Å². The molecular weight excluding hydrogens is 166 g/mol. The van der Waals surface area contributed by atoms with Crippen LogP contribution >= 0.6 is 0 Å². The van der Waals surface area contributed by atoms with Crippen LogP contribution in [0, 0.1) is 5.92 Å². The summed E-state index contributed by atoms with van der Waals surface area (Å²) in [5.74, 6) is -0.908. The molecule has 3 heteroatoms. The SMILES string of the molecule is C=C(C=CC)C(=O)NC(=O)C(C)C. The molecule has 0 atom stereocenters. The van der Waals surface area contributed by atoms with Crippen molar-refractivity contribution in [3.05, 3.63) is 24.3 Å². The molecule has 0 spiro atoms. The highest BCUT2D eigenvalue weighted by molar-refractivity contribution is 6.05. The molecule has 2 amide bonds. The zero-order chi connectivity index (χ0) is 10.4. The first-order valence-corrected chi connectivity index (χ1v) is 4.15. The number of hydrogen-bond donors (Lipinski definition) is 1. The van der Waals surface area contributed by atoms with E-state index in [2.05, 4.69) is 11.9 Å². The van der Waals surface area contributed by atoms with Crippen molar-refractivity contribution in [3.63, 3.8) is 0 Å². The third-order valence-electron chi connectivity index (χ3n) is 1.42. The van der Waals surface area contributed by atoms with Crippen LogP contribution in [-0.2, 0) is 9.59 Å². The smallest absolute Gasteiger partial charge is 0.257 e. The molecule has 13 heavy (non-hydrogen) atoms. The Bertz CT molecular complexity index is 252. The molecule has 0 aromatic carbocycles. The molecule has 72 valence electrons. The first kappa shape index (κ1) is 11.6. The Morgan fingerprint density at radius 3 is 2.31 bits per heavy atom. The number of rotatable bonds is 3. The number of allylic oxidation sites excluding steroid dienone is 1. The van der Waals surface area contributed by atoms with Crippen molar-refractivity contribution in [1.82, 2.24) is 5.32 Å². The number of carbonyl (C=O) groups excluding carboxylic acids is 2. The zero-order valence-corrected chi connectivity index (χ0v) is 8.26. The fraction of sp³-hybridized carbons (Fsp3) is 0.400. The van der Waals surface area contributed by atoms with Crippen molar-refractivity contribution in [2.24, 2.45) is 5.92 Å². The summed E-state index contributed by atoms with van der Waals surface area (Å²) >= 11 is 0. The Labute approximate surface area is 78.5 Å². The highest BCUT2D eigenvalue weighted by Crippen LogP contribution is 1.95. The second-order valence-corrected chi connectivity index (χ2v) is 3.00. The molecule has 0 radical (unpaired) electrons. The van der Waals surface area contributed by atoms with E-state index in [4.69, 9.17) is 0 Å². The lowest BCUT2D eigenvalue weighted by molar-refractivity contribution is -0.130. The maximum atomic E-state index is 11.2. The first-order valence-electron chi connectivity index (χ1n) is 4.15. The largest absolute Gasteiger partial charge is 0.292 e. The van der Waals surface area contributed by atoms with Crippen LogP contribution in [0.4, 0.5) is 0 Å². The Kier molecular flexibility index (Phi) is 4.74. The van der Waals surface area contributed by atoms with Crippen molar-refractivity contribution in [2.75, 3.05) is 0 Å². The van der Waals surface area contributed by atoms with Gasteiger partial charge in [-0.05, 0) is 6.92 Å². The summed E-state index contributed by atoms with van der Waals surface area (Å²) < 4.78 is 0. The van der Waals surface area contributed by atoms with E-state index >= 15 is 0 Å². The number of carbonyl (C=O) groups is 2. The predicted octanol–water partition coefficient (Wildman–Crippen LogP) is 1.42. The summed E-state index contributed by atoms with van der Waals surface area (Å²) in [7, 11) is 0. The summed E-state index contributed by atoms with van der Waals surface area (Å²) in [5, 5.41) is 2.24. The Morgan fingerprint density at radius 1 is 1.38 bits per heavy atom. The number of nitrogens with one attached hydrogen (secondary N) is 1. The number of hydrogen-bond acceptors (Lipinski definition) is 2. The highest BCUT2D eigenvalue weighted by Gasteiger charge is 2.11. The molecule has 0 aromatic heterocycles. The molecule has 0 aromatic rings. The van der Waals surface area contributed by atoms with Gasteiger partial charge in [-0.15, -0.1) is 0 Å². The van der Waals surface area contributed by atoms with Crippen LogP contribution in [0.3, 0.4) is 0 Å². The molecule has 0 saturated heterocycles. The van der Waals surface area contributed by atoms with Crippen molar-refractivity contribution < 1.29 is 9.59 Å². The molecule has 0 rings (SSSR count). The molecule has 0 heterocycles. The summed E-state index contributed by atoms with van der Waals surface area (Å²) in [6.07, 6.45) is 3.25. The molecule has 3 nitrogen and oxygen atoms in total. The third kappa shape index (κ3) is 4.25. The van der Waals surface area contributed by atoms with Gasteiger partial charge in [-0.1, -0.05) is 32.6 Å². The summed E-state index contributed by atoms with van der Waals surface area (Å²) in [5.41, 5.74) is 0.288. The fourth-order valence-corrected chi connectivity index (χ4v) is 0.613. The average Bonchev–Trinajstić information content (AvgIpc) is 2.04. The zero-order valence-electron chi connectivity index (χ0n) is 8.26. The molecule has 0 bridgehead atoms. The van der Waals surface area contributed by atoms with Gasteiger partial charge in [0.25, 0.3) is 5.91 Å². The molecule has 1 N–H and O–H groups in total. The van der Waals surface area contributed by atoms with Gasteiger partial charge in [0.2, 0.25) is 5.91 Å². The fourth-order valence-electron chi connectivity index (χ4n) is 0.613. The monoisotopic (exact) mass is 181 g/mol. The van der Waals surface area contributed by atoms with Gasteiger partial charge in [0, 0.05) is 11.5 Å². The molecule has 0 saturated carbocycles. The summed E-state index contributed by atoms with van der Waals surface area (Å²) in [6.45, 7) is 8.73. The minimum atomic E-state index is -0.434. The van der Waals surface area contributed by atoms with Crippen LogP contribution in [-0.4, -0.2) is 11.8 Å². The van der Waals surface area contributed by atoms with Crippen LogP contribution in [0.25, 0.3) is 0 Å². The van der Waals surface area contributed by atoms with Gasteiger partial charge in [-0.2, -0.15) is 0 Å². The average molecular weight is 181 g/mol. The molecular formula is C10H15NO2. The normalized spacial score (nSPS) is 10.5. The van der Waals surface area contributed by atoms with Gasteiger partial charge >= 0.3 is 0 Å². The van der Waals surface area contributed by atoms with E-state index in [9.17, 15) is 9.59 Å². The van der Waals surface area contributed by atoms with E-state index in [-0.39, 0.29) is 17.4 Å². The van der Waals surface area contributed by atoms with E-state index in [1.807, 2.05) is 0 Å². The summed E-state index contributed by atoms with van der Waals surface area (Å²) in [6, 6.07) is 0. The Balaban J connectivity index is 4.16. The van der Waals surface area contributed by atoms with Crippen LogP contribution in [0.2, 0.25) is 0 Å². The lowest BCUT2D eigenvalue weighted by Crippen LogP contribution is -2.34. The van der Waals surface area contributed by atoms with Gasteiger partial charge in [0.15, 0.2) is 0 Å². The Morgan fingerprint density at radius 2 is 1.92 bits per heavy atom. The van der Waals surface area contributed by atoms with Crippen molar-refractivity contribution in [3.8, 4) is 0 Å². The standard InChI is InChI=1S/C10H15NO2/c1-5-6-8(4)10(13)11-9(12)7(2)3/h5-7H,4H2,1-3H3,(H,11,12,13). The minimum Gasteiger partial charge on any atom is -0.292 e. The second-order valence-electron chi connectivity index (χ2n) is 3.00. The maximum absolute atomic E-state index is 11.2. The van der Waals surface area contributed by atoms with Gasteiger partial charge in [0.05, 0.1) is 0 Å². The van der Waals surface area contributed by atoms with Gasteiger partial charge in [0.1, 0.15) is 0 Å². The molecule has 0 unspecified atom stereocenters. The van der Waals surface area contributed by atoms with Crippen molar-refractivity contribution in [1.29, 1.82) is 0 Å². The van der Waals surface area contributed by atoms with E-state index in [0.29, 0.717) is 0 Å². The lowest BCUT2D eigenvalue weighted by Gasteiger charge is -2.05. The van der Waals surface area contributed by atoms with Crippen molar-refractivity contribution >= 4 is 11.8 Å². The molecule has 0 aliphatic heterocycles. The van der Waals surface area contributed by atoms with Gasteiger partial charge in [-0.3, -0.25) is 14.9 Å². The Hall–Kier alpha value is -1.38. The van der Waals surface area contributed by atoms with Crippen LogP contribution in [0.1, 0.15) is 20.8 Å². The number of imide groups is 1. The second kappa shape index (κ2) is 5.30. The van der Waals surface area contributed by atoms with Crippen LogP contribution in [0.5, 0.6) is 0 Å². The molecule has 0 aliphatic rings. The maximum Gasteiger partial charge on any atom is 0.257 e. The lowest BCUT2D eigenvalue weighted by atomic mass is 10.2. The topological polar surface area (TPSA) is 46.2 Å². The van der Waals surface area contributed by atoms with Crippen molar-refractivity contribution in [2.45, 2.75) is 20.8 Å². The van der Waals surface area contributed by atoms with E-state index in [1.165, 1.54) is 0 Å². The molecule has 0 aliphatic carbocycles. The third-order valence-corrected chi connectivity index (χ3v) is 1.42. The quantitative estimate of drug-likeness (QED) is 0.528. The van der Waals surface area contributed by atoms with E-state index < -0.39 is 5.91 Å². The van der Waals surface area contributed by atoms with Crippen LogP contribution in [0.15, 0.2) is 24.3 Å². The highest BCUT2D eigenvalue weighted by atomic mass is 16.2. The van der Waals surface area contributed by atoms with E-state index in [0.717, 1.165) is 0 Å². The molecule has 0 fully saturated rings. The first-order chi connectivity index (χ1) is 5.99. The van der Waals surface area contributed by atoms with Crippen LogP contribution < -0.4 is 5.32 Å². The summed E-state index contributed by atoms with van der Waals surface area (Å²) in [4.78, 5) is 22.2. The van der Waals surface area contributed by atoms with Gasteiger partial charge < -0.3 is 0 Å². The minimum absolute atomic E-state index is 0.192. The predicted molar refractivity (Wildman–Crippen MR) is 51.9 cm³/mol. The van der Waals surface area contributed by atoms with Gasteiger partial charge in [-0.25, -0.2) is 0 Å².